The van der Waals surface area contributed by atoms with E-state index < -0.39 is 5.60 Å². The summed E-state index contributed by atoms with van der Waals surface area (Å²) in [7, 11) is 0. The number of carbonyl (C=O) groups is 1. The Hall–Kier alpha value is -1.60. The lowest BCUT2D eigenvalue weighted by atomic mass is 9.64. The minimum absolute atomic E-state index is 0.163. The average Bonchev–Trinajstić information content (AvgIpc) is 3.25. The third kappa shape index (κ3) is 3.04. The van der Waals surface area contributed by atoms with Gasteiger partial charge in [-0.15, -0.1) is 0 Å². The van der Waals surface area contributed by atoms with E-state index >= 15 is 0 Å². The Morgan fingerprint density at radius 2 is 2.12 bits per heavy atom. The highest BCUT2D eigenvalue weighted by atomic mass is 16.6. The number of amides is 1. The number of aromatic amines is 1. The number of ether oxygens (including phenoxy) is 1. The van der Waals surface area contributed by atoms with E-state index in [1.165, 1.54) is 0 Å². The molecule has 0 aromatic carbocycles. The van der Waals surface area contributed by atoms with E-state index in [1.807, 2.05) is 11.8 Å². The molecule has 1 spiro atoms. The first kappa shape index (κ1) is 16.8. The third-order valence-electron chi connectivity index (χ3n) is 6.38. The summed E-state index contributed by atoms with van der Waals surface area (Å²) in [6.07, 6.45) is 8.15. The summed E-state index contributed by atoms with van der Waals surface area (Å²) in [5.74, 6) is 0.693. The Morgan fingerprint density at radius 3 is 2.76 bits per heavy atom. The molecule has 0 unspecified atom stereocenters. The number of carbonyl (C=O) groups excluding carboxylic acids is 1. The van der Waals surface area contributed by atoms with Gasteiger partial charge in [0, 0.05) is 44.6 Å². The number of imidazole rings is 1. The first-order chi connectivity index (χ1) is 12.0. The van der Waals surface area contributed by atoms with Gasteiger partial charge >= 0.3 is 6.09 Å². The molecule has 7 nitrogen and oxygen atoms in total. The number of H-pyrrole nitrogens is 1. The summed E-state index contributed by atoms with van der Waals surface area (Å²) in [5.41, 5.74) is -0.512. The molecule has 2 aliphatic heterocycles. The van der Waals surface area contributed by atoms with Crippen LogP contribution in [0, 0.1) is 5.41 Å². The van der Waals surface area contributed by atoms with Crippen LogP contribution < -0.4 is 0 Å². The van der Waals surface area contributed by atoms with Crippen LogP contribution in [0.15, 0.2) is 12.4 Å². The molecule has 1 aromatic heterocycles. The van der Waals surface area contributed by atoms with Gasteiger partial charge in [-0.1, -0.05) is 0 Å². The van der Waals surface area contributed by atoms with E-state index in [-0.39, 0.29) is 6.09 Å². The normalized spacial score (nSPS) is 31.9. The topological polar surface area (TPSA) is 81.7 Å². The number of rotatable bonds is 3. The fraction of sp³-hybridized carbons (Fsp3) is 0.778. The van der Waals surface area contributed by atoms with Gasteiger partial charge in [0.15, 0.2) is 0 Å². The lowest BCUT2D eigenvalue weighted by molar-refractivity contribution is -0.0713. The van der Waals surface area contributed by atoms with Crippen LogP contribution >= 0.6 is 0 Å². The van der Waals surface area contributed by atoms with Crippen molar-refractivity contribution in [3.8, 4) is 0 Å². The first-order valence-corrected chi connectivity index (χ1v) is 9.42. The van der Waals surface area contributed by atoms with Crippen LogP contribution in [-0.4, -0.2) is 69.8 Å². The first-order valence-electron chi connectivity index (χ1n) is 9.42. The number of nitrogens with zero attached hydrogens (tertiary/aromatic N) is 3. The second-order valence-corrected chi connectivity index (χ2v) is 7.94. The van der Waals surface area contributed by atoms with Gasteiger partial charge in [-0.25, -0.2) is 9.78 Å². The molecule has 2 N–H and O–H groups in total. The van der Waals surface area contributed by atoms with Crippen molar-refractivity contribution in [1.82, 2.24) is 19.8 Å². The summed E-state index contributed by atoms with van der Waals surface area (Å²) in [6, 6.07) is 0.586. The maximum Gasteiger partial charge on any atom is 0.409 e. The van der Waals surface area contributed by atoms with Crippen molar-refractivity contribution in [2.75, 3.05) is 32.8 Å². The molecule has 25 heavy (non-hydrogen) atoms. The molecule has 1 aromatic rings. The SMILES string of the molecule is CCOC(=O)N1CCC2(CC(N3CCC(O)(c4ncc[nH]4)CC3)C2)C1. The van der Waals surface area contributed by atoms with Crippen molar-refractivity contribution in [2.45, 2.75) is 50.7 Å². The molecule has 0 radical (unpaired) electrons. The van der Waals surface area contributed by atoms with E-state index in [0.29, 0.717) is 23.9 Å². The number of hydrogen-bond acceptors (Lipinski definition) is 5. The second kappa shape index (κ2) is 6.29. The Labute approximate surface area is 148 Å². The van der Waals surface area contributed by atoms with Crippen molar-refractivity contribution in [3.05, 3.63) is 18.2 Å². The van der Waals surface area contributed by atoms with Gasteiger partial charge in [0.05, 0.1) is 6.61 Å². The van der Waals surface area contributed by atoms with Crippen molar-refractivity contribution in [2.24, 2.45) is 5.41 Å². The van der Waals surface area contributed by atoms with E-state index in [1.54, 1.807) is 12.4 Å². The van der Waals surface area contributed by atoms with Crippen molar-refractivity contribution < 1.29 is 14.6 Å². The van der Waals surface area contributed by atoms with Crippen molar-refractivity contribution >= 4 is 6.09 Å². The predicted molar refractivity (Wildman–Crippen MR) is 92.0 cm³/mol. The van der Waals surface area contributed by atoms with Gasteiger partial charge in [0.2, 0.25) is 0 Å². The zero-order chi connectivity index (χ0) is 17.5. The van der Waals surface area contributed by atoms with Crippen LogP contribution in [-0.2, 0) is 10.3 Å². The van der Waals surface area contributed by atoms with Crippen molar-refractivity contribution in [1.29, 1.82) is 0 Å². The fourth-order valence-electron chi connectivity index (χ4n) is 4.85. The summed E-state index contributed by atoms with van der Waals surface area (Å²) < 4.78 is 5.13. The van der Waals surface area contributed by atoms with Gasteiger partial charge in [-0.3, -0.25) is 0 Å². The molecular formula is C18H28N4O3. The van der Waals surface area contributed by atoms with E-state index in [0.717, 1.165) is 58.3 Å². The van der Waals surface area contributed by atoms with Crippen molar-refractivity contribution in [3.63, 3.8) is 0 Å². The van der Waals surface area contributed by atoms with Crippen LogP contribution in [0.4, 0.5) is 4.79 Å². The van der Waals surface area contributed by atoms with Crippen LogP contribution in [0.2, 0.25) is 0 Å². The monoisotopic (exact) mass is 348 g/mol. The molecule has 4 rings (SSSR count). The zero-order valence-corrected chi connectivity index (χ0v) is 14.9. The third-order valence-corrected chi connectivity index (χ3v) is 6.38. The van der Waals surface area contributed by atoms with E-state index in [9.17, 15) is 9.90 Å². The summed E-state index contributed by atoms with van der Waals surface area (Å²) in [4.78, 5) is 23.6. The highest BCUT2D eigenvalue weighted by Crippen LogP contribution is 2.51. The number of hydrogen-bond donors (Lipinski definition) is 2. The van der Waals surface area contributed by atoms with Gasteiger partial charge in [0.25, 0.3) is 0 Å². The molecule has 1 amide bonds. The van der Waals surface area contributed by atoms with Crippen LogP contribution in [0.1, 0.15) is 44.9 Å². The Balaban J connectivity index is 1.27. The maximum absolute atomic E-state index is 11.9. The molecule has 1 saturated carbocycles. The highest BCUT2D eigenvalue weighted by Gasteiger charge is 2.52. The predicted octanol–water partition coefficient (Wildman–Crippen LogP) is 1.70. The summed E-state index contributed by atoms with van der Waals surface area (Å²) in [5, 5.41) is 10.8. The highest BCUT2D eigenvalue weighted by molar-refractivity contribution is 5.68. The van der Waals surface area contributed by atoms with Crippen LogP contribution in [0.3, 0.4) is 0 Å². The number of piperidine rings is 1. The summed E-state index contributed by atoms with van der Waals surface area (Å²) >= 11 is 0. The molecule has 1 aliphatic carbocycles. The minimum atomic E-state index is -0.810. The largest absolute Gasteiger partial charge is 0.450 e. The number of nitrogens with one attached hydrogen (secondary N) is 1. The number of aromatic nitrogens is 2. The molecule has 7 heteroatoms. The van der Waals surface area contributed by atoms with Crippen LogP contribution in [0.5, 0.6) is 0 Å². The molecule has 2 saturated heterocycles. The number of aliphatic hydroxyl groups is 1. The molecule has 3 aliphatic rings. The molecule has 0 atom stereocenters. The standard InChI is InChI=1S/C18H28N4O3/c1-2-25-16(23)22-8-3-17(13-22)11-14(12-17)21-9-4-18(24,5-10-21)15-19-6-7-20-15/h6-7,14,24H,2-5,8-13H2,1H3,(H,19,20). The molecular weight excluding hydrogens is 320 g/mol. The molecule has 3 heterocycles. The number of likely N-dealkylation sites (tertiary alicyclic amines) is 2. The minimum Gasteiger partial charge on any atom is -0.450 e. The fourth-order valence-corrected chi connectivity index (χ4v) is 4.85. The summed E-state index contributed by atoms with van der Waals surface area (Å²) in [6.45, 7) is 5.76. The van der Waals surface area contributed by atoms with Crippen LogP contribution in [0.25, 0.3) is 0 Å². The van der Waals surface area contributed by atoms with Gasteiger partial charge in [0.1, 0.15) is 11.4 Å². The lowest BCUT2D eigenvalue weighted by Crippen LogP contribution is -2.56. The quantitative estimate of drug-likeness (QED) is 0.869. The Kier molecular flexibility index (Phi) is 4.24. The Morgan fingerprint density at radius 1 is 1.36 bits per heavy atom. The zero-order valence-electron chi connectivity index (χ0n) is 14.9. The maximum atomic E-state index is 11.9. The molecule has 0 bridgehead atoms. The van der Waals surface area contributed by atoms with Gasteiger partial charge < -0.3 is 24.6 Å². The van der Waals surface area contributed by atoms with Gasteiger partial charge in [-0.05, 0) is 44.4 Å². The smallest absolute Gasteiger partial charge is 0.409 e. The van der Waals surface area contributed by atoms with E-state index in [2.05, 4.69) is 14.9 Å². The second-order valence-electron chi connectivity index (χ2n) is 7.94. The lowest BCUT2D eigenvalue weighted by Gasteiger charge is -2.52. The molecule has 3 fully saturated rings. The van der Waals surface area contributed by atoms with Gasteiger partial charge in [-0.2, -0.15) is 0 Å². The molecule has 138 valence electrons. The average molecular weight is 348 g/mol. The Bertz CT molecular complexity index is 604. The van der Waals surface area contributed by atoms with E-state index in [4.69, 9.17) is 4.74 Å².